The lowest BCUT2D eigenvalue weighted by Gasteiger charge is -2.33. The number of likely N-dealkylation sites (tertiary alicyclic amines) is 1. The van der Waals surface area contributed by atoms with Crippen molar-refractivity contribution in [1.82, 2.24) is 4.90 Å². The Morgan fingerprint density at radius 2 is 2.00 bits per heavy atom. The first kappa shape index (κ1) is 14.0. The lowest BCUT2D eigenvalue weighted by atomic mass is 9.87. The van der Waals surface area contributed by atoms with Crippen LogP contribution in [0.5, 0.6) is 0 Å². The normalized spacial score (nSPS) is 23.6. The highest BCUT2D eigenvalue weighted by atomic mass is 15.1. The van der Waals surface area contributed by atoms with Gasteiger partial charge in [-0.25, -0.2) is 0 Å². The van der Waals surface area contributed by atoms with E-state index in [1.54, 1.807) is 0 Å². The van der Waals surface area contributed by atoms with Gasteiger partial charge in [0, 0.05) is 6.04 Å². The molecule has 2 nitrogen and oxygen atoms in total. The summed E-state index contributed by atoms with van der Waals surface area (Å²) < 4.78 is 0. The van der Waals surface area contributed by atoms with E-state index in [1.165, 1.54) is 51.6 Å². The Kier molecular flexibility index (Phi) is 5.77. The van der Waals surface area contributed by atoms with Crippen LogP contribution in [0.3, 0.4) is 0 Å². The standard InChI is InChI=1S/C14H30N2/c1-13-8-4-6-10-16(13)11-7-5-9-14(2,3)12-15/h13H,4-12,15H2,1-3H3. The van der Waals surface area contributed by atoms with Gasteiger partial charge < -0.3 is 10.6 Å². The Morgan fingerprint density at radius 1 is 1.25 bits per heavy atom. The molecule has 1 saturated heterocycles. The fourth-order valence-electron chi connectivity index (χ4n) is 2.51. The highest BCUT2D eigenvalue weighted by molar-refractivity contribution is 4.74. The van der Waals surface area contributed by atoms with Gasteiger partial charge in [0.2, 0.25) is 0 Å². The topological polar surface area (TPSA) is 29.3 Å². The van der Waals surface area contributed by atoms with Crippen molar-refractivity contribution in [2.45, 2.75) is 65.3 Å². The number of nitrogens with two attached hydrogens (primary N) is 1. The first-order valence-electron chi connectivity index (χ1n) is 6.99. The third-order valence-corrected chi connectivity index (χ3v) is 4.04. The van der Waals surface area contributed by atoms with Crippen molar-refractivity contribution >= 4 is 0 Å². The van der Waals surface area contributed by atoms with Crippen LogP contribution >= 0.6 is 0 Å². The van der Waals surface area contributed by atoms with Crippen LogP contribution in [-0.4, -0.2) is 30.6 Å². The zero-order chi connectivity index (χ0) is 12.0. The van der Waals surface area contributed by atoms with Gasteiger partial charge in [-0.3, -0.25) is 0 Å². The van der Waals surface area contributed by atoms with Gasteiger partial charge in [0.1, 0.15) is 0 Å². The van der Waals surface area contributed by atoms with E-state index < -0.39 is 0 Å². The van der Waals surface area contributed by atoms with Crippen LogP contribution in [0.25, 0.3) is 0 Å². The van der Waals surface area contributed by atoms with E-state index in [0.717, 1.165) is 12.6 Å². The Bertz CT molecular complexity index is 189. The molecule has 1 rings (SSSR count). The molecule has 0 aromatic carbocycles. The van der Waals surface area contributed by atoms with Gasteiger partial charge >= 0.3 is 0 Å². The quantitative estimate of drug-likeness (QED) is 0.705. The highest BCUT2D eigenvalue weighted by Gasteiger charge is 2.18. The summed E-state index contributed by atoms with van der Waals surface area (Å²) in [6, 6.07) is 0.816. The molecule has 0 bridgehead atoms. The zero-order valence-electron chi connectivity index (χ0n) is 11.5. The Labute approximate surface area is 102 Å². The van der Waals surface area contributed by atoms with Gasteiger partial charge in [0.15, 0.2) is 0 Å². The predicted octanol–water partition coefficient (Wildman–Crippen LogP) is 3.02. The Hall–Kier alpha value is -0.0800. The van der Waals surface area contributed by atoms with E-state index in [-0.39, 0.29) is 0 Å². The van der Waals surface area contributed by atoms with Gasteiger partial charge in [-0.15, -0.1) is 0 Å². The van der Waals surface area contributed by atoms with Crippen molar-refractivity contribution in [3.63, 3.8) is 0 Å². The molecule has 1 atom stereocenters. The molecule has 0 amide bonds. The molecule has 96 valence electrons. The van der Waals surface area contributed by atoms with Crippen molar-refractivity contribution < 1.29 is 0 Å². The van der Waals surface area contributed by atoms with Crippen molar-refractivity contribution in [2.24, 2.45) is 11.1 Å². The Morgan fingerprint density at radius 3 is 2.62 bits per heavy atom. The van der Waals surface area contributed by atoms with Gasteiger partial charge in [-0.1, -0.05) is 26.7 Å². The zero-order valence-corrected chi connectivity index (χ0v) is 11.5. The van der Waals surface area contributed by atoms with Gasteiger partial charge in [-0.2, -0.15) is 0 Å². The summed E-state index contributed by atoms with van der Waals surface area (Å²) in [7, 11) is 0. The van der Waals surface area contributed by atoms with Crippen LogP contribution in [0.15, 0.2) is 0 Å². The van der Waals surface area contributed by atoms with Crippen LogP contribution in [0.1, 0.15) is 59.3 Å². The molecular formula is C14H30N2. The van der Waals surface area contributed by atoms with Crippen molar-refractivity contribution in [1.29, 1.82) is 0 Å². The molecule has 16 heavy (non-hydrogen) atoms. The van der Waals surface area contributed by atoms with Crippen molar-refractivity contribution in [2.75, 3.05) is 19.6 Å². The molecule has 2 heteroatoms. The molecule has 1 fully saturated rings. The summed E-state index contributed by atoms with van der Waals surface area (Å²) in [5.41, 5.74) is 6.08. The van der Waals surface area contributed by atoms with E-state index in [4.69, 9.17) is 5.73 Å². The van der Waals surface area contributed by atoms with Gasteiger partial charge in [0.05, 0.1) is 0 Å². The minimum atomic E-state index is 0.341. The molecule has 0 aromatic rings. The number of nitrogens with zero attached hydrogens (tertiary/aromatic N) is 1. The van der Waals surface area contributed by atoms with E-state index in [0.29, 0.717) is 5.41 Å². The average molecular weight is 226 g/mol. The third-order valence-electron chi connectivity index (χ3n) is 4.04. The highest BCUT2D eigenvalue weighted by Crippen LogP contribution is 2.22. The third kappa shape index (κ3) is 4.84. The van der Waals surface area contributed by atoms with Crippen LogP contribution in [0.4, 0.5) is 0 Å². The second-order valence-corrected chi connectivity index (χ2v) is 6.21. The van der Waals surface area contributed by atoms with E-state index >= 15 is 0 Å². The summed E-state index contributed by atoms with van der Waals surface area (Å²) in [5.74, 6) is 0. The summed E-state index contributed by atoms with van der Waals surface area (Å²) in [6.45, 7) is 10.4. The maximum Gasteiger partial charge on any atom is 0.00669 e. The average Bonchev–Trinajstić information content (AvgIpc) is 2.27. The summed E-state index contributed by atoms with van der Waals surface area (Å²) in [6.07, 6.45) is 8.16. The molecule has 0 radical (unpaired) electrons. The number of piperidine rings is 1. The first-order valence-corrected chi connectivity index (χ1v) is 6.99. The summed E-state index contributed by atoms with van der Waals surface area (Å²) in [4.78, 5) is 2.67. The number of hydrogen-bond donors (Lipinski definition) is 1. The molecule has 2 N–H and O–H groups in total. The van der Waals surface area contributed by atoms with E-state index in [9.17, 15) is 0 Å². The molecule has 1 aliphatic heterocycles. The van der Waals surface area contributed by atoms with Crippen LogP contribution in [0.2, 0.25) is 0 Å². The maximum atomic E-state index is 5.74. The fraction of sp³-hybridized carbons (Fsp3) is 1.00. The minimum absolute atomic E-state index is 0.341. The maximum absolute atomic E-state index is 5.74. The van der Waals surface area contributed by atoms with Crippen LogP contribution in [-0.2, 0) is 0 Å². The monoisotopic (exact) mass is 226 g/mol. The van der Waals surface area contributed by atoms with Crippen molar-refractivity contribution in [3.8, 4) is 0 Å². The van der Waals surface area contributed by atoms with E-state index in [2.05, 4.69) is 25.7 Å². The second kappa shape index (κ2) is 6.61. The van der Waals surface area contributed by atoms with Crippen LogP contribution < -0.4 is 5.73 Å². The van der Waals surface area contributed by atoms with Gasteiger partial charge in [0.25, 0.3) is 0 Å². The molecule has 0 spiro atoms. The van der Waals surface area contributed by atoms with Gasteiger partial charge in [-0.05, 0) is 57.7 Å². The molecule has 1 aliphatic rings. The second-order valence-electron chi connectivity index (χ2n) is 6.21. The van der Waals surface area contributed by atoms with E-state index in [1.807, 2.05) is 0 Å². The Balaban J connectivity index is 2.10. The summed E-state index contributed by atoms with van der Waals surface area (Å²) in [5, 5.41) is 0. The molecule has 1 heterocycles. The van der Waals surface area contributed by atoms with Crippen LogP contribution in [0, 0.1) is 5.41 Å². The fourth-order valence-corrected chi connectivity index (χ4v) is 2.51. The first-order chi connectivity index (χ1) is 7.55. The predicted molar refractivity (Wildman–Crippen MR) is 71.6 cm³/mol. The number of hydrogen-bond acceptors (Lipinski definition) is 2. The lowest BCUT2D eigenvalue weighted by molar-refractivity contribution is 0.155. The minimum Gasteiger partial charge on any atom is -0.330 e. The lowest BCUT2D eigenvalue weighted by Crippen LogP contribution is -2.38. The molecule has 0 aromatic heterocycles. The number of rotatable bonds is 6. The largest absolute Gasteiger partial charge is 0.330 e. The van der Waals surface area contributed by atoms with Crippen molar-refractivity contribution in [3.05, 3.63) is 0 Å². The smallest absolute Gasteiger partial charge is 0.00669 e. The molecule has 0 aliphatic carbocycles. The molecule has 0 saturated carbocycles. The molecular weight excluding hydrogens is 196 g/mol. The molecule has 1 unspecified atom stereocenters. The summed E-state index contributed by atoms with van der Waals surface area (Å²) >= 11 is 0. The SMILES string of the molecule is CC1CCCCN1CCCCC(C)(C)CN. The number of unbranched alkanes of at least 4 members (excludes halogenated alkanes) is 1.